The van der Waals surface area contributed by atoms with E-state index in [1.54, 1.807) is 11.8 Å². The number of aromatic nitrogens is 2. The van der Waals surface area contributed by atoms with Crippen LogP contribution in [0.1, 0.15) is 35.6 Å². The second kappa shape index (κ2) is 4.10. The molecule has 0 spiro atoms. The summed E-state index contributed by atoms with van der Waals surface area (Å²) in [6, 6.07) is 0. The number of β-amino-alcohol motifs (C(OH)–C–C–N with tert-alkyl or cyclic N) is 1. The number of carbonyl (C=O) groups excluding carboxylic acids is 1. The molecule has 0 aliphatic carbocycles. The van der Waals surface area contributed by atoms with Crippen molar-refractivity contribution in [3.8, 4) is 0 Å². The van der Waals surface area contributed by atoms with Crippen LogP contribution in [0, 0.1) is 0 Å². The molecular formula is C10H15N3O2S. The first-order valence-electron chi connectivity index (χ1n) is 5.36. The van der Waals surface area contributed by atoms with Gasteiger partial charge in [-0.15, -0.1) is 5.10 Å². The molecule has 16 heavy (non-hydrogen) atoms. The summed E-state index contributed by atoms with van der Waals surface area (Å²) in [4.78, 5) is 14.3. The lowest BCUT2D eigenvalue weighted by Crippen LogP contribution is -2.61. The van der Waals surface area contributed by atoms with Gasteiger partial charge >= 0.3 is 0 Å². The SMILES string of the molecule is CCCc1nnsc1C(=O)N1CC(C)(O)C1. The Balaban J connectivity index is 2.07. The minimum Gasteiger partial charge on any atom is -0.386 e. The maximum atomic E-state index is 12.0. The lowest BCUT2D eigenvalue weighted by Gasteiger charge is -2.43. The molecule has 1 saturated heterocycles. The monoisotopic (exact) mass is 241 g/mol. The molecule has 1 aromatic heterocycles. The molecule has 0 unspecified atom stereocenters. The van der Waals surface area contributed by atoms with Crippen molar-refractivity contribution in [3.05, 3.63) is 10.6 Å². The van der Waals surface area contributed by atoms with Crippen molar-refractivity contribution in [1.29, 1.82) is 0 Å². The predicted octanol–water partition coefficient (Wildman–Crippen LogP) is 0.697. The predicted molar refractivity (Wildman–Crippen MR) is 60.4 cm³/mol. The molecule has 1 aromatic rings. The Hall–Kier alpha value is -1.01. The summed E-state index contributed by atoms with van der Waals surface area (Å²) in [6.07, 6.45) is 1.73. The molecule has 2 heterocycles. The summed E-state index contributed by atoms with van der Waals surface area (Å²) in [7, 11) is 0. The highest BCUT2D eigenvalue weighted by atomic mass is 32.1. The molecule has 0 radical (unpaired) electrons. The highest BCUT2D eigenvalue weighted by molar-refractivity contribution is 7.08. The minimum absolute atomic E-state index is 0.0509. The van der Waals surface area contributed by atoms with E-state index in [0.29, 0.717) is 18.0 Å². The average Bonchev–Trinajstić information content (AvgIpc) is 2.62. The zero-order valence-corrected chi connectivity index (χ0v) is 10.3. The van der Waals surface area contributed by atoms with Crippen LogP contribution >= 0.6 is 11.5 Å². The van der Waals surface area contributed by atoms with Crippen molar-refractivity contribution in [1.82, 2.24) is 14.5 Å². The van der Waals surface area contributed by atoms with E-state index in [0.717, 1.165) is 30.1 Å². The standard InChI is InChI=1S/C10H15N3O2S/c1-3-4-7-8(16-12-11-7)9(14)13-5-10(2,15)6-13/h15H,3-6H2,1-2H3. The number of carbonyl (C=O) groups is 1. The highest BCUT2D eigenvalue weighted by Gasteiger charge is 2.40. The average molecular weight is 241 g/mol. The van der Waals surface area contributed by atoms with Gasteiger partial charge in [0.1, 0.15) is 4.88 Å². The first kappa shape index (κ1) is 11.5. The fraction of sp³-hybridized carbons (Fsp3) is 0.700. The zero-order valence-electron chi connectivity index (χ0n) is 9.43. The van der Waals surface area contributed by atoms with E-state index in [2.05, 4.69) is 9.59 Å². The lowest BCUT2D eigenvalue weighted by atomic mass is 9.96. The Labute approximate surface area is 98.2 Å². The van der Waals surface area contributed by atoms with Crippen LogP contribution in [0.25, 0.3) is 0 Å². The van der Waals surface area contributed by atoms with Crippen LogP contribution in [0.5, 0.6) is 0 Å². The Morgan fingerprint density at radius 2 is 2.31 bits per heavy atom. The molecule has 0 atom stereocenters. The van der Waals surface area contributed by atoms with E-state index in [4.69, 9.17) is 0 Å². The Bertz CT molecular complexity index is 395. The summed E-state index contributed by atoms with van der Waals surface area (Å²) in [5, 5.41) is 13.5. The number of hydrogen-bond donors (Lipinski definition) is 1. The van der Waals surface area contributed by atoms with Gasteiger partial charge in [0, 0.05) is 0 Å². The summed E-state index contributed by atoms with van der Waals surface area (Å²) < 4.78 is 3.82. The molecule has 88 valence electrons. The number of hydrogen-bond acceptors (Lipinski definition) is 5. The Morgan fingerprint density at radius 3 is 2.88 bits per heavy atom. The quantitative estimate of drug-likeness (QED) is 0.846. The normalized spacial score (nSPS) is 18.3. The first-order valence-corrected chi connectivity index (χ1v) is 6.14. The van der Waals surface area contributed by atoms with Crippen LogP contribution in [-0.2, 0) is 6.42 Å². The van der Waals surface area contributed by atoms with Gasteiger partial charge < -0.3 is 10.0 Å². The number of rotatable bonds is 3. The molecule has 1 fully saturated rings. The van der Waals surface area contributed by atoms with Crippen molar-refractivity contribution in [2.24, 2.45) is 0 Å². The maximum Gasteiger partial charge on any atom is 0.267 e. The maximum absolute atomic E-state index is 12.0. The molecule has 1 N–H and O–H groups in total. The van der Waals surface area contributed by atoms with Crippen LogP contribution in [0.4, 0.5) is 0 Å². The van der Waals surface area contributed by atoms with E-state index in [9.17, 15) is 9.90 Å². The van der Waals surface area contributed by atoms with Crippen LogP contribution < -0.4 is 0 Å². The van der Waals surface area contributed by atoms with Gasteiger partial charge in [0.2, 0.25) is 0 Å². The van der Waals surface area contributed by atoms with Crippen molar-refractivity contribution in [2.45, 2.75) is 32.3 Å². The smallest absolute Gasteiger partial charge is 0.267 e. The van der Waals surface area contributed by atoms with Gasteiger partial charge in [0.15, 0.2) is 0 Å². The zero-order chi connectivity index (χ0) is 11.8. The fourth-order valence-corrected chi connectivity index (χ4v) is 2.51. The lowest BCUT2D eigenvalue weighted by molar-refractivity contribution is -0.0667. The van der Waals surface area contributed by atoms with Gasteiger partial charge in [0.25, 0.3) is 5.91 Å². The topological polar surface area (TPSA) is 66.3 Å². The fourth-order valence-electron chi connectivity index (χ4n) is 1.83. The summed E-state index contributed by atoms with van der Waals surface area (Å²) in [6.45, 7) is 4.57. The molecular weight excluding hydrogens is 226 g/mol. The number of likely N-dealkylation sites (tertiary alicyclic amines) is 1. The van der Waals surface area contributed by atoms with E-state index in [-0.39, 0.29) is 5.91 Å². The van der Waals surface area contributed by atoms with E-state index in [1.165, 1.54) is 0 Å². The Morgan fingerprint density at radius 1 is 1.62 bits per heavy atom. The third kappa shape index (κ3) is 2.08. The molecule has 0 saturated carbocycles. The second-order valence-corrected chi connectivity index (χ2v) is 5.21. The number of amides is 1. The first-order chi connectivity index (χ1) is 7.53. The van der Waals surface area contributed by atoms with Gasteiger partial charge in [-0.3, -0.25) is 4.79 Å². The van der Waals surface area contributed by atoms with Gasteiger partial charge in [-0.05, 0) is 24.9 Å². The molecule has 5 nitrogen and oxygen atoms in total. The minimum atomic E-state index is -0.724. The van der Waals surface area contributed by atoms with Crippen LogP contribution in [0.2, 0.25) is 0 Å². The highest BCUT2D eigenvalue weighted by Crippen LogP contribution is 2.24. The van der Waals surface area contributed by atoms with Crippen LogP contribution in [0.15, 0.2) is 0 Å². The van der Waals surface area contributed by atoms with E-state index < -0.39 is 5.60 Å². The van der Waals surface area contributed by atoms with Crippen molar-refractivity contribution < 1.29 is 9.90 Å². The molecule has 6 heteroatoms. The number of nitrogens with zero attached hydrogens (tertiary/aromatic N) is 3. The molecule has 0 bridgehead atoms. The molecule has 2 rings (SSSR count). The van der Waals surface area contributed by atoms with Crippen molar-refractivity contribution in [3.63, 3.8) is 0 Å². The van der Waals surface area contributed by atoms with Gasteiger partial charge in [-0.1, -0.05) is 17.8 Å². The van der Waals surface area contributed by atoms with E-state index >= 15 is 0 Å². The van der Waals surface area contributed by atoms with Gasteiger partial charge in [-0.25, -0.2) is 0 Å². The summed E-state index contributed by atoms with van der Waals surface area (Å²) >= 11 is 1.14. The van der Waals surface area contributed by atoms with Gasteiger partial charge in [-0.2, -0.15) is 0 Å². The Kier molecular flexibility index (Phi) is 2.94. The van der Waals surface area contributed by atoms with E-state index in [1.807, 2.05) is 6.92 Å². The van der Waals surface area contributed by atoms with Crippen LogP contribution in [0.3, 0.4) is 0 Å². The molecule has 1 aliphatic rings. The van der Waals surface area contributed by atoms with Gasteiger partial charge in [0.05, 0.1) is 24.4 Å². The molecule has 1 aliphatic heterocycles. The number of aryl methyl sites for hydroxylation is 1. The third-order valence-electron chi connectivity index (χ3n) is 2.59. The third-order valence-corrected chi connectivity index (χ3v) is 3.34. The summed E-state index contributed by atoms with van der Waals surface area (Å²) in [5.74, 6) is -0.0509. The van der Waals surface area contributed by atoms with Crippen molar-refractivity contribution in [2.75, 3.05) is 13.1 Å². The molecule has 0 aromatic carbocycles. The number of aliphatic hydroxyl groups is 1. The summed E-state index contributed by atoms with van der Waals surface area (Å²) in [5.41, 5.74) is 0.0580. The second-order valence-electron chi connectivity index (χ2n) is 4.46. The largest absolute Gasteiger partial charge is 0.386 e. The molecule has 1 amide bonds. The van der Waals surface area contributed by atoms with Crippen molar-refractivity contribution >= 4 is 17.4 Å². The van der Waals surface area contributed by atoms with Crippen LogP contribution in [-0.4, -0.2) is 44.2 Å².